The van der Waals surface area contributed by atoms with Gasteiger partial charge in [-0.15, -0.1) is 12.4 Å². The van der Waals surface area contributed by atoms with Crippen LogP contribution in [0.5, 0.6) is 0 Å². The minimum atomic E-state index is 0. The minimum absolute atomic E-state index is 0. The molecule has 0 spiro atoms. The summed E-state index contributed by atoms with van der Waals surface area (Å²) < 4.78 is 1.79. The molecule has 0 aliphatic carbocycles. The maximum absolute atomic E-state index is 12.7. The van der Waals surface area contributed by atoms with E-state index in [2.05, 4.69) is 17.3 Å². The molecule has 0 saturated carbocycles. The van der Waals surface area contributed by atoms with Gasteiger partial charge in [0.15, 0.2) is 0 Å². The lowest BCUT2D eigenvalue weighted by Gasteiger charge is -2.32. The quantitative estimate of drug-likeness (QED) is 0.830. The van der Waals surface area contributed by atoms with Gasteiger partial charge in [-0.25, -0.2) is 4.68 Å². The number of aryl methyl sites for hydroxylation is 1. The van der Waals surface area contributed by atoms with E-state index in [1.165, 1.54) is 0 Å². The van der Waals surface area contributed by atoms with E-state index >= 15 is 0 Å². The molecule has 0 bridgehead atoms. The summed E-state index contributed by atoms with van der Waals surface area (Å²) in [7, 11) is 0. The number of carbonyl (C=O) groups is 1. The third-order valence-electron chi connectivity index (χ3n) is 4.63. The average Bonchev–Trinajstić information content (AvgIpc) is 2.83. The van der Waals surface area contributed by atoms with Crippen molar-refractivity contribution in [3.05, 3.63) is 45.2 Å². The number of rotatable bonds is 3. The highest BCUT2D eigenvalue weighted by molar-refractivity contribution is 6.35. The molecule has 1 N–H and O–H groups in total. The standard InChI is InChI=1S/C18H22Cl2N4O.ClH/c1-11-10-23(7-6-21-11)18(25)9-15-12(2)22-24(13(15)3)17-5-4-14(19)8-16(17)20;/h4-5,8,11,21H,6-7,9-10H2,1-3H3;1H. The van der Waals surface area contributed by atoms with Crippen LogP contribution in [0.25, 0.3) is 5.69 Å². The van der Waals surface area contributed by atoms with Crippen LogP contribution in [0.3, 0.4) is 0 Å². The van der Waals surface area contributed by atoms with Crippen LogP contribution in [0.2, 0.25) is 10.0 Å². The average molecular weight is 418 g/mol. The van der Waals surface area contributed by atoms with Gasteiger partial charge < -0.3 is 10.2 Å². The number of halogens is 3. The lowest BCUT2D eigenvalue weighted by Crippen LogP contribution is -2.51. The summed E-state index contributed by atoms with van der Waals surface area (Å²) in [5.41, 5.74) is 3.50. The van der Waals surface area contributed by atoms with Crippen molar-refractivity contribution < 1.29 is 4.79 Å². The molecule has 5 nitrogen and oxygen atoms in total. The molecule has 0 radical (unpaired) electrons. The van der Waals surface area contributed by atoms with Crippen LogP contribution in [0.4, 0.5) is 0 Å². The van der Waals surface area contributed by atoms with Crippen LogP contribution < -0.4 is 5.32 Å². The first-order valence-electron chi connectivity index (χ1n) is 8.38. The van der Waals surface area contributed by atoms with E-state index < -0.39 is 0 Å². The van der Waals surface area contributed by atoms with E-state index in [1.54, 1.807) is 16.8 Å². The number of benzene rings is 1. The number of amides is 1. The molecule has 1 amide bonds. The molecule has 1 unspecified atom stereocenters. The van der Waals surface area contributed by atoms with Gasteiger partial charge in [0.05, 0.1) is 22.8 Å². The minimum Gasteiger partial charge on any atom is -0.340 e. The molecule has 1 aromatic heterocycles. The van der Waals surface area contributed by atoms with Crippen LogP contribution in [-0.4, -0.2) is 46.3 Å². The Bertz CT molecular complexity index is 806. The second-order valence-corrected chi connectivity index (χ2v) is 7.37. The lowest BCUT2D eigenvalue weighted by molar-refractivity contribution is -0.131. The smallest absolute Gasteiger partial charge is 0.227 e. The predicted molar refractivity (Wildman–Crippen MR) is 108 cm³/mol. The van der Waals surface area contributed by atoms with Gasteiger partial charge in [0.25, 0.3) is 0 Å². The van der Waals surface area contributed by atoms with Crippen molar-refractivity contribution in [3.63, 3.8) is 0 Å². The number of piperazine rings is 1. The third kappa shape index (κ3) is 4.34. The van der Waals surface area contributed by atoms with E-state index in [1.807, 2.05) is 24.8 Å². The fraction of sp³-hybridized carbons (Fsp3) is 0.444. The molecule has 2 aromatic rings. The Morgan fingerprint density at radius 2 is 2.08 bits per heavy atom. The molecule has 26 heavy (non-hydrogen) atoms. The maximum Gasteiger partial charge on any atom is 0.227 e. The summed E-state index contributed by atoms with van der Waals surface area (Å²) in [5, 5.41) is 9.06. The summed E-state index contributed by atoms with van der Waals surface area (Å²) in [6, 6.07) is 5.65. The third-order valence-corrected chi connectivity index (χ3v) is 5.17. The molecule has 1 atom stereocenters. The van der Waals surface area contributed by atoms with E-state index in [9.17, 15) is 4.79 Å². The predicted octanol–water partition coefficient (Wildman–Crippen LogP) is 3.58. The largest absolute Gasteiger partial charge is 0.340 e. The summed E-state index contributed by atoms with van der Waals surface area (Å²) in [4.78, 5) is 14.6. The maximum atomic E-state index is 12.7. The van der Waals surface area contributed by atoms with Gasteiger partial charge in [-0.2, -0.15) is 5.10 Å². The van der Waals surface area contributed by atoms with Crippen molar-refractivity contribution >= 4 is 41.5 Å². The summed E-state index contributed by atoms with van der Waals surface area (Å²) in [5.74, 6) is 0.140. The van der Waals surface area contributed by atoms with Crippen LogP contribution in [0, 0.1) is 13.8 Å². The topological polar surface area (TPSA) is 50.2 Å². The normalized spacial score (nSPS) is 17.1. The van der Waals surface area contributed by atoms with Crippen LogP contribution in [-0.2, 0) is 11.2 Å². The van der Waals surface area contributed by atoms with Crippen LogP contribution in [0.1, 0.15) is 23.9 Å². The van der Waals surface area contributed by atoms with Gasteiger partial charge in [0.2, 0.25) is 5.91 Å². The number of hydrogen-bond donors (Lipinski definition) is 1. The summed E-state index contributed by atoms with van der Waals surface area (Å²) in [6.45, 7) is 8.32. The van der Waals surface area contributed by atoms with E-state index in [4.69, 9.17) is 23.2 Å². The highest BCUT2D eigenvalue weighted by Crippen LogP contribution is 2.27. The van der Waals surface area contributed by atoms with E-state index in [0.29, 0.717) is 22.5 Å². The Kier molecular flexibility index (Phi) is 6.97. The molecule has 1 aliphatic heterocycles. The first kappa shape index (κ1) is 21.0. The molecular weight excluding hydrogens is 395 g/mol. The Morgan fingerprint density at radius 3 is 2.73 bits per heavy atom. The number of aromatic nitrogens is 2. The fourth-order valence-electron chi connectivity index (χ4n) is 3.24. The number of hydrogen-bond acceptors (Lipinski definition) is 3. The zero-order chi connectivity index (χ0) is 18.1. The molecule has 1 saturated heterocycles. The van der Waals surface area contributed by atoms with Crippen LogP contribution >= 0.6 is 35.6 Å². The molecule has 8 heteroatoms. The molecule has 1 aromatic carbocycles. The zero-order valence-electron chi connectivity index (χ0n) is 15.1. The van der Waals surface area contributed by atoms with Crippen LogP contribution in [0.15, 0.2) is 18.2 Å². The van der Waals surface area contributed by atoms with Gasteiger partial charge >= 0.3 is 0 Å². The molecule has 1 aliphatic rings. The van der Waals surface area contributed by atoms with Gasteiger partial charge in [0, 0.05) is 42.0 Å². The molecular formula is C18H23Cl3N4O. The second kappa shape index (κ2) is 8.61. The Labute approximate surface area is 170 Å². The first-order valence-corrected chi connectivity index (χ1v) is 9.14. The molecule has 1 fully saturated rings. The van der Waals surface area contributed by atoms with Gasteiger partial charge in [0.1, 0.15) is 0 Å². The molecule has 3 rings (SSSR count). The Balaban J connectivity index is 0.00000243. The Hall–Kier alpha value is -1.27. The SMILES string of the molecule is Cc1nn(-c2ccc(Cl)cc2Cl)c(C)c1CC(=O)N1CCNC(C)C1.Cl. The van der Waals surface area contributed by atoms with E-state index in [0.717, 1.165) is 42.3 Å². The van der Waals surface area contributed by atoms with Crippen molar-refractivity contribution in [1.29, 1.82) is 0 Å². The number of nitrogens with zero attached hydrogens (tertiary/aromatic N) is 3. The van der Waals surface area contributed by atoms with Gasteiger partial charge in [-0.3, -0.25) is 4.79 Å². The molecule has 142 valence electrons. The van der Waals surface area contributed by atoms with E-state index in [-0.39, 0.29) is 18.3 Å². The molecule has 2 heterocycles. The van der Waals surface area contributed by atoms with Crippen molar-refractivity contribution in [1.82, 2.24) is 20.0 Å². The van der Waals surface area contributed by atoms with Crippen molar-refractivity contribution in [2.45, 2.75) is 33.2 Å². The Morgan fingerprint density at radius 1 is 1.35 bits per heavy atom. The van der Waals surface area contributed by atoms with Crippen molar-refractivity contribution in [2.75, 3.05) is 19.6 Å². The van der Waals surface area contributed by atoms with Gasteiger partial charge in [-0.05, 0) is 39.0 Å². The van der Waals surface area contributed by atoms with Crippen molar-refractivity contribution in [3.8, 4) is 5.69 Å². The van der Waals surface area contributed by atoms with Crippen molar-refractivity contribution in [2.24, 2.45) is 0 Å². The van der Waals surface area contributed by atoms with Gasteiger partial charge in [-0.1, -0.05) is 23.2 Å². The number of carbonyl (C=O) groups excluding carboxylic acids is 1. The first-order chi connectivity index (χ1) is 11.9. The zero-order valence-corrected chi connectivity index (χ0v) is 17.4. The highest BCUT2D eigenvalue weighted by Gasteiger charge is 2.23. The summed E-state index contributed by atoms with van der Waals surface area (Å²) >= 11 is 12.3. The highest BCUT2D eigenvalue weighted by atomic mass is 35.5. The lowest BCUT2D eigenvalue weighted by atomic mass is 10.1. The fourth-order valence-corrected chi connectivity index (χ4v) is 3.73. The monoisotopic (exact) mass is 416 g/mol. The second-order valence-electron chi connectivity index (χ2n) is 6.53. The summed E-state index contributed by atoms with van der Waals surface area (Å²) in [6.07, 6.45) is 0.357. The number of nitrogens with one attached hydrogen (secondary N) is 1.